The Kier molecular flexibility index (Phi) is 5.45. The number of alkyl halides is 2. The van der Waals surface area contributed by atoms with Crippen LogP contribution in [0, 0.1) is 0 Å². The Morgan fingerprint density at radius 2 is 2.18 bits per heavy atom. The number of esters is 1. The third-order valence-corrected chi connectivity index (χ3v) is 3.20. The van der Waals surface area contributed by atoms with Crippen LogP contribution in [0.3, 0.4) is 0 Å². The SMILES string of the molecule is CCOC(=O)Cc1nc(Br)cc(C(F)F)c1Br. The van der Waals surface area contributed by atoms with Crippen LogP contribution < -0.4 is 0 Å². The number of halogens is 4. The predicted molar refractivity (Wildman–Crippen MR) is 64.9 cm³/mol. The van der Waals surface area contributed by atoms with E-state index in [-0.39, 0.29) is 33.4 Å². The Morgan fingerprint density at radius 3 is 2.71 bits per heavy atom. The topological polar surface area (TPSA) is 39.2 Å². The van der Waals surface area contributed by atoms with Gasteiger partial charge in [0.2, 0.25) is 0 Å². The Morgan fingerprint density at radius 1 is 1.53 bits per heavy atom. The molecular weight excluding hydrogens is 364 g/mol. The van der Waals surface area contributed by atoms with E-state index in [0.717, 1.165) is 0 Å². The summed E-state index contributed by atoms with van der Waals surface area (Å²) in [7, 11) is 0. The highest BCUT2D eigenvalue weighted by atomic mass is 79.9. The van der Waals surface area contributed by atoms with Gasteiger partial charge in [0.1, 0.15) is 4.60 Å². The zero-order valence-electron chi connectivity index (χ0n) is 8.84. The van der Waals surface area contributed by atoms with Crippen molar-refractivity contribution >= 4 is 37.8 Å². The maximum absolute atomic E-state index is 12.7. The minimum Gasteiger partial charge on any atom is -0.466 e. The quantitative estimate of drug-likeness (QED) is 0.598. The lowest BCUT2D eigenvalue weighted by atomic mass is 10.2. The van der Waals surface area contributed by atoms with E-state index in [2.05, 4.69) is 36.8 Å². The zero-order chi connectivity index (χ0) is 13.0. The van der Waals surface area contributed by atoms with Gasteiger partial charge < -0.3 is 4.74 Å². The second-order valence-electron chi connectivity index (χ2n) is 3.08. The van der Waals surface area contributed by atoms with Gasteiger partial charge in [0, 0.05) is 10.0 Å². The summed E-state index contributed by atoms with van der Waals surface area (Å²) in [5, 5.41) is 0. The number of ether oxygens (including phenoxy) is 1. The summed E-state index contributed by atoms with van der Waals surface area (Å²) in [6.45, 7) is 1.91. The summed E-state index contributed by atoms with van der Waals surface area (Å²) in [5.41, 5.74) is 0.0271. The van der Waals surface area contributed by atoms with E-state index in [9.17, 15) is 13.6 Å². The van der Waals surface area contributed by atoms with Gasteiger partial charge in [0.05, 0.1) is 18.7 Å². The molecule has 0 saturated heterocycles. The first-order chi connectivity index (χ1) is 7.95. The number of aromatic nitrogens is 1. The van der Waals surface area contributed by atoms with Gasteiger partial charge in [-0.15, -0.1) is 0 Å². The summed E-state index contributed by atoms with van der Waals surface area (Å²) in [6, 6.07) is 1.21. The molecule has 1 aromatic heterocycles. The molecule has 0 amide bonds. The normalized spacial score (nSPS) is 10.7. The van der Waals surface area contributed by atoms with Crippen molar-refractivity contribution in [3.8, 4) is 0 Å². The number of pyridine rings is 1. The summed E-state index contributed by atoms with van der Waals surface area (Å²) >= 11 is 6.05. The first kappa shape index (κ1) is 14.5. The number of carbonyl (C=O) groups is 1. The molecule has 0 saturated carbocycles. The van der Waals surface area contributed by atoms with Crippen LogP contribution in [0.25, 0.3) is 0 Å². The lowest BCUT2D eigenvalue weighted by Crippen LogP contribution is -2.10. The van der Waals surface area contributed by atoms with Crippen molar-refractivity contribution in [1.29, 1.82) is 0 Å². The number of hydrogen-bond acceptors (Lipinski definition) is 3. The summed E-state index contributed by atoms with van der Waals surface area (Å²) in [5.74, 6) is -0.501. The summed E-state index contributed by atoms with van der Waals surface area (Å²) < 4.78 is 30.5. The van der Waals surface area contributed by atoms with Crippen molar-refractivity contribution in [2.45, 2.75) is 19.8 Å². The van der Waals surface area contributed by atoms with Crippen LogP contribution in [0.1, 0.15) is 24.6 Å². The number of rotatable bonds is 4. The van der Waals surface area contributed by atoms with Crippen molar-refractivity contribution in [2.75, 3.05) is 6.61 Å². The van der Waals surface area contributed by atoms with Crippen molar-refractivity contribution < 1.29 is 18.3 Å². The number of carbonyl (C=O) groups excluding carboxylic acids is 1. The van der Waals surface area contributed by atoms with E-state index in [1.54, 1.807) is 6.92 Å². The molecule has 0 fully saturated rings. The standard InChI is InChI=1S/C10H9Br2F2NO2/c1-2-17-8(16)4-6-9(12)5(10(13)14)3-7(11)15-6/h3,10H,2,4H2,1H3. The molecule has 1 heterocycles. The molecule has 0 bridgehead atoms. The molecule has 0 unspecified atom stereocenters. The molecule has 0 N–H and O–H groups in total. The van der Waals surface area contributed by atoms with E-state index in [1.807, 2.05) is 0 Å². The second kappa shape index (κ2) is 6.39. The molecule has 0 aliphatic carbocycles. The minimum atomic E-state index is -2.63. The van der Waals surface area contributed by atoms with Crippen LogP contribution in [0.2, 0.25) is 0 Å². The first-order valence-corrected chi connectivity index (χ1v) is 6.32. The van der Waals surface area contributed by atoms with Gasteiger partial charge in [-0.3, -0.25) is 4.79 Å². The van der Waals surface area contributed by atoms with Gasteiger partial charge in [-0.2, -0.15) is 0 Å². The van der Waals surface area contributed by atoms with Gasteiger partial charge in [0.25, 0.3) is 6.43 Å². The van der Waals surface area contributed by atoms with Crippen molar-refractivity contribution in [3.05, 3.63) is 26.4 Å². The fourth-order valence-corrected chi connectivity index (χ4v) is 2.17. The van der Waals surface area contributed by atoms with Gasteiger partial charge in [-0.1, -0.05) is 0 Å². The van der Waals surface area contributed by atoms with Gasteiger partial charge >= 0.3 is 5.97 Å². The molecule has 0 radical (unpaired) electrons. The second-order valence-corrected chi connectivity index (χ2v) is 4.68. The van der Waals surface area contributed by atoms with Crippen LogP contribution >= 0.6 is 31.9 Å². The molecular formula is C10H9Br2F2NO2. The van der Waals surface area contributed by atoms with Crippen LogP contribution in [-0.4, -0.2) is 17.6 Å². The maximum atomic E-state index is 12.7. The zero-order valence-corrected chi connectivity index (χ0v) is 12.0. The van der Waals surface area contributed by atoms with Crippen LogP contribution in [-0.2, 0) is 16.0 Å². The molecule has 1 aromatic rings. The van der Waals surface area contributed by atoms with Crippen LogP contribution in [0.4, 0.5) is 8.78 Å². The molecule has 7 heteroatoms. The van der Waals surface area contributed by atoms with E-state index in [0.29, 0.717) is 0 Å². The fourth-order valence-electron chi connectivity index (χ4n) is 1.19. The Balaban J connectivity index is 3.03. The smallest absolute Gasteiger partial charge is 0.311 e. The first-order valence-electron chi connectivity index (χ1n) is 4.74. The molecule has 0 aliphatic heterocycles. The Hall–Kier alpha value is -0.560. The highest BCUT2D eigenvalue weighted by Gasteiger charge is 2.19. The largest absolute Gasteiger partial charge is 0.466 e. The van der Waals surface area contributed by atoms with E-state index in [1.165, 1.54) is 6.07 Å². The number of nitrogens with zero attached hydrogens (tertiary/aromatic N) is 1. The highest BCUT2D eigenvalue weighted by molar-refractivity contribution is 9.11. The summed E-state index contributed by atoms with van der Waals surface area (Å²) in [4.78, 5) is 15.2. The average Bonchev–Trinajstić information content (AvgIpc) is 2.22. The lowest BCUT2D eigenvalue weighted by Gasteiger charge is -2.09. The minimum absolute atomic E-state index is 0.142. The third-order valence-electron chi connectivity index (χ3n) is 1.88. The van der Waals surface area contributed by atoms with E-state index < -0.39 is 12.4 Å². The third kappa shape index (κ3) is 3.99. The number of hydrogen-bond donors (Lipinski definition) is 0. The molecule has 0 aliphatic rings. The van der Waals surface area contributed by atoms with Gasteiger partial charge in [-0.05, 0) is 44.8 Å². The van der Waals surface area contributed by atoms with E-state index in [4.69, 9.17) is 4.74 Å². The van der Waals surface area contributed by atoms with Crippen molar-refractivity contribution in [1.82, 2.24) is 4.98 Å². The molecule has 3 nitrogen and oxygen atoms in total. The highest BCUT2D eigenvalue weighted by Crippen LogP contribution is 2.31. The molecule has 0 atom stereocenters. The molecule has 0 spiro atoms. The van der Waals surface area contributed by atoms with Gasteiger partial charge in [-0.25, -0.2) is 13.8 Å². The lowest BCUT2D eigenvalue weighted by molar-refractivity contribution is -0.142. The van der Waals surface area contributed by atoms with Gasteiger partial charge in [0.15, 0.2) is 0 Å². The Bertz CT molecular complexity index is 427. The molecule has 94 valence electrons. The fraction of sp³-hybridized carbons (Fsp3) is 0.400. The summed E-state index contributed by atoms with van der Waals surface area (Å²) in [6.07, 6.45) is -2.78. The Labute approximate surface area is 114 Å². The maximum Gasteiger partial charge on any atom is 0.311 e. The molecule has 0 aromatic carbocycles. The average molecular weight is 373 g/mol. The van der Waals surface area contributed by atoms with E-state index >= 15 is 0 Å². The monoisotopic (exact) mass is 371 g/mol. The van der Waals surface area contributed by atoms with Crippen LogP contribution in [0.15, 0.2) is 15.1 Å². The van der Waals surface area contributed by atoms with Crippen molar-refractivity contribution in [2.24, 2.45) is 0 Å². The predicted octanol–water partition coefficient (Wildman–Crippen LogP) is 3.65. The molecule has 17 heavy (non-hydrogen) atoms. The van der Waals surface area contributed by atoms with Crippen LogP contribution in [0.5, 0.6) is 0 Å². The molecule has 1 rings (SSSR count). The van der Waals surface area contributed by atoms with Crippen molar-refractivity contribution in [3.63, 3.8) is 0 Å².